The summed E-state index contributed by atoms with van der Waals surface area (Å²) in [4.78, 5) is 11.8. The highest BCUT2D eigenvalue weighted by atomic mass is 32.1. The molecule has 0 bridgehead atoms. The first kappa shape index (κ1) is 13.8. The molecular weight excluding hydrogens is 258 g/mol. The van der Waals surface area contributed by atoms with Crippen molar-refractivity contribution in [3.8, 4) is 0 Å². The van der Waals surface area contributed by atoms with Crippen LogP contribution in [0.15, 0.2) is 35.7 Å². The van der Waals surface area contributed by atoms with Crippen molar-refractivity contribution in [1.82, 2.24) is 5.32 Å². The third-order valence-corrected chi connectivity index (χ3v) is 3.96. The summed E-state index contributed by atoms with van der Waals surface area (Å²) in [6.07, 6.45) is 0. The van der Waals surface area contributed by atoms with Crippen LogP contribution in [-0.2, 0) is 6.54 Å². The first-order chi connectivity index (χ1) is 9.06. The van der Waals surface area contributed by atoms with Gasteiger partial charge in [0.1, 0.15) is 0 Å². The Bertz CT molecular complexity index is 577. The number of carbonyl (C=O) groups is 1. The van der Waals surface area contributed by atoms with E-state index >= 15 is 0 Å². The number of hydrogen-bond donors (Lipinski definition) is 2. The average Bonchev–Trinajstić information content (AvgIpc) is 2.85. The van der Waals surface area contributed by atoms with E-state index in [0.717, 1.165) is 4.88 Å². The minimum atomic E-state index is -0.866. The molecule has 0 spiro atoms. The number of rotatable bonds is 5. The van der Waals surface area contributed by atoms with Crippen LogP contribution in [0.4, 0.5) is 0 Å². The lowest BCUT2D eigenvalue weighted by molar-refractivity contribution is 0.0697. The smallest absolute Gasteiger partial charge is 0.336 e. The van der Waals surface area contributed by atoms with Crippen molar-refractivity contribution in [2.45, 2.75) is 26.4 Å². The normalized spacial score (nSPS) is 12.3. The van der Waals surface area contributed by atoms with Crippen molar-refractivity contribution < 1.29 is 9.90 Å². The zero-order valence-electron chi connectivity index (χ0n) is 11.0. The molecule has 2 N–H and O–H groups in total. The van der Waals surface area contributed by atoms with Crippen LogP contribution in [0.5, 0.6) is 0 Å². The van der Waals surface area contributed by atoms with E-state index in [1.165, 1.54) is 22.5 Å². The van der Waals surface area contributed by atoms with Gasteiger partial charge in [-0.05, 0) is 25.5 Å². The Morgan fingerprint density at radius 1 is 1.42 bits per heavy atom. The monoisotopic (exact) mass is 275 g/mol. The van der Waals surface area contributed by atoms with Crippen molar-refractivity contribution >= 4 is 17.3 Å². The molecule has 2 aromatic rings. The van der Waals surface area contributed by atoms with E-state index in [0.29, 0.717) is 12.1 Å². The molecule has 1 heterocycles. The van der Waals surface area contributed by atoms with E-state index in [-0.39, 0.29) is 6.04 Å². The van der Waals surface area contributed by atoms with Gasteiger partial charge in [-0.25, -0.2) is 4.79 Å². The highest BCUT2D eigenvalue weighted by molar-refractivity contribution is 7.10. The number of aromatic carboxylic acids is 1. The quantitative estimate of drug-likeness (QED) is 0.876. The van der Waals surface area contributed by atoms with Gasteiger partial charge in [0.05, 0.1) is 5.56 Å². The van der Waals surface area contributed by atoms with Gasteiger partial charge in [-0.15, -0.1) is 11.3 Å². The maximum atomic E-state index is 10.8. The van der Waals surface area contributed by atoms with Gasteiger partial charge in [-0.2, -0.15) is 0 Å². The molecule has 3 nitrogen and oxygen atoms in total. The van der Waals surface area contributed by atoms with Crippen molar-refractivity contribution in [2.24, 2.45) is 0 Å². The Morgan fingerprint density at radius 2 is 2.21 bits per heavy atom. The summed E-state index contributed by atoms with van der Waals surface area (Å²) in [5.41, 5.74) is 2.86. The molecule has 0 saturated heterocycles. The van der Waals surface area contributed by atoms with Crippen LogP contribution < -0.4 is 5.32 Å². The van der Waals surface area contributed by atoms with Crippen LogP contribution in [-0.4, -0.2) is 11.1 Å². The SMILES string of the molecule is Cc1cccc([C@@H](C)NCc2cc(C(=O)O)cs2)c1. The Balaban J connectivity index is 1.96. The van der Waals surface area contributed by atoms with Gasteiger partial charge in [-0.3, -0.25) is 0 Å². The Labute approximate surface area is 116 Å². The summed E-state index contributed by atoms with van der Waals surface area (Å²) in [7, 11) is 0. The highest BCUT2D eigenvalue weighted by Crippen LogP contribution is 2.18. The predicted octanol–water partition coefficient (Wildman–Crippen LogP) is 3.61. The number of benzene rings is 1. The van der Waals surface area contributed by atoms with Crippen LogP contribution in [0.25, 0.3) is 0 Å². The molecule has 1 aromatic carbocycles. The number of aryl methyl sites for hydroxylation is 1. The van der Waals surface area contributed by atoms with E-state index in [9.17, 15) is 4.79 Å². The third-order valence-electron chi connectivity index (χ3n) is 3.03. The molecule has 19 heavy (non-hydrogen) atoms. The third kappa shape index (κ3) is 3.66. The van der Waals surface area contributed by atoms with Crippen molar-refractivity contribution in [1.29, 1.82) is 0 Å². The van der Waals surface area contributed by atoms with Crippen LogP contribution >= 0.6 is 11.3 Å². The van der Waals surface area contributed by atoms with E-state index < -0.39 is 5.97 Å². The average molecular weight is 275 g/mol. The van der Waals surface area contributed by atoms with Crippen LogP contribution in [0.2, 0.25) is 0 Å². The van der Waals surface area contributed by atoms with E-state index in [2.05, 4.69) is 43.4 Å². The zero-order chi connectivity index (χ0) is 13.8. The molecule has 0 aliphatic heterocycles. The molecule has 0 saturated carbocycles. The second-order valence-corrected chi connectivity index (χ2v) is 5.62. The standard InChI is InChI=1S/C15H17NO2S/c1-10-4-3-5-12(6-10)11(2)16-8-14-7-13(9-19-14)15(17)18/h3-7,9,11,16H,8H2,1-2H3,(H,17,18)/t11-/m1/s1. The number of carboxylic acid groups (broad SMARTS) is 1. The molecule has 0 aliphatic carbocycles. The van der Waals surface area contributed by atoms with Crippen molar-refractivity contribution in [3.63, 3.8) is 0 Å². The summed E-state index contributed by atoms with van der Waals surface area (Å²) in [5, 5.41) is 14.0. The van der Waals surface area contributed by atoms with Crippen LogP contribution in [0, 0.1) is 6.92 Å². The molecule has 1 atom stereocenters. The maximum Gasteiger partial charge on any atom is 0.336 e. The van der Waals surface area contributed by atoms with Crippen molar-refractivity contribution in [2.75, 3.05) is 0 Å². The number of thiophene rings is 1. The van der Waals surface area contributed by atoms with Gasteiger partial charge in [0, 0.05) is 22.8 Å². The van der Waals surface area contributed by atoms with E-state index in [4.69, 9.17) is 5.11 Å². The first-order valence-corrected chi connectivity index (χ1v) is 7.05. The minimum absolute atomic E-state index is 0.246. The summed E-state index contributed by atoms with van der Waals surface area (Å²) in [5.74, 6) is -0.866. The molecule has 0 fully saturated rings. The second kappa shape index (κ2) is 5.99. The van der Waals surface area contributed by atoms with E-state index in [1.54, 1.807) is 11.4 Å². The number of hydrogen-bond acceptors (Lipinski definition) is 3. The van der Waals surface area contributed by atoms with Gasteiger partial charge in [0.15, 0.2) is 0 Å². The molecule has 0 aliphatic rings. The number of carboxylic acids is 1. The molecule has 4 heteroatoms. The fourth-order valence-electron chi connectivity index (χ4n) is 1.90. The topological polar surface area (TPSA) is 49.3 Å². The van der Waals surface area contributed by atoms with Crippen molar-refractivity contribution in [3.05, 3.63) is 57.3 Å². The molecular formula is C15H17NO2S. The molecule has 1 aromatic heterocycles. The first-order valence-electron chi connectivity index (χ1n) is 6.17. The summed E-state index contributed by atoms with van der Waals surface area (Å²) in [6.45, 7) is 4.88. The highest BCUT2D eigenvalue weighted by Gasteiger charge is 2.08. The maximum absolute atomic E-state index is 10.8. The van der Waals surface area contributed by atoms with Gasteiger partial charge in [-0.1, -0.05) is 29.8 Å². The summed E-state index contributed by atoms with van der Waals surface area (Å²) in [6, 6.07) is 10.4. The summed E-state index contributed by atoms with van der Waals surface area (Å²) < 4.78 is 0. The minimum Gasteiger partial charge on any atom is -0.478 e. The predicted molar refractivity (Wildman–Crippen MR) is 77.7 cm³/mol. The van der Waals surface area contributed by atoms with Crippen LogP contribution in [0.1, 0.15) is 39.3 Å². The molecule has 100 valence electrons. The van der Waals surface area contributed by atoms with Gasteiger partial charge in [0.25, 0.3) is 0 Å². The lowest BCUT2D eigenvalue weighted by Crippen LogP contribution is -2.17. The number of nitrogens with one attached hydrogen (secondary N) is 1. The van der Waals surface area contributed by atoms with Crippen LogP contribution in [0.3, 0.4) is 0 Å². The Kier molecular flexibility index (Phi) is 4.35. The molecule has 0 amide bonds. The van der Waals surface area contributed by atoms with Gasteiger partial charge < -0.3 is 10.4 Å². The molecule has 0 radical (unpaired) electrons. The Morgan fingerprint density at radius 3 is 2.84 bits per heavy atom. The molecule has 0 unspecified atom stereocenters. The van der Waals surface area contributed by atoms with E-state index in [1.807, 2.05) is 0 Å². The summed E-state index contributed by atoms with van der Waals surface area (Å²) >= 11 is 1.47. The fraction of sp³-hybridized carbons (Fsp3) is 0.267. The lowest BCUT2D eigenvalue weighted by Gasteiger charge is -2.14. The largest absolute Gasteiger partial charge is 0.478 e. The van der Waals surface area contributed by atoms with Gasteiger partial charge >= 0.3 is 5.97 Å². The fourth-order valence-corrected chi connectivity index (χ4v) is 2.71. The molecule has 2 rings (SSSR count). The zero-order valence-corrected chi connectivity index (χ0v) is 11.8. The second-order valence-electron chi connectivity index (χ2n) is 4.62. The Hall–Kier alpha value is -1.65. The van der Waals surface area contributed by atoms with Gasteiger partial charge in [0.2, 0.25) is 0 Å². The lowest BCUT2D eigenvalue weighted by atomic mass is 10.1.